The molecule has 34 heavy (non-hydrogen) atoms. The monoisotopic (exact) mass is 500 g/mol. The number of ether oxygens (including phenoxy) is 1. The van der Waals surface area contributed by atoms with E-state index in [4.69, 9.17) is 33.7 Å². The van der Waals surface area contributed by atoms with Crippen LogP contribution >= 0.6 is 23.2 Å². The number of anilines is 1. The molecule has 3 N–H and O–H groups in total. The molecule has 180 valence electrons. The van der Waals surface area contributed by atoms with Gasteiger partial charge in [-0.3, -0.25) is 4.79 Å². The van der Waals surface area contributed by atoms with Crippen molar-refractivity contribution < 1.29 is 9.53 Å². The second-order valence-electron chi connectivity index (χ2n) is 7.81. The van der Waals surface area contributed by atoms with E-state index in [1.165, 1.54) is 0 Å². The Bertz CT molecular complexity index is 1080. The third-order valence-electron chi connectivity index (χ3n) is 5.63. The van der Waals surface area contributed by atoms with Crippen LogP contribution in [0, 0.1) is 0 Å². The van der Waals surface area contributed by atoms with Crippen molar-refractivity contribution in [1.82, 2.24) is 15.2 Å². The number of nitrogens with one attached hydrogen (secondary N) is 1. The summed E-state index contributed by atoms with van der Waals surface area (Å²) in [5, 5.41) is 4.03. The van der Waals surface area contributed by atoms with Gasteiger partial charge in [0.2, 0.25) is 0 Å². The van der Waals surface area contributed by atoms with E-state index in [1.807, 2.05) is 18.2 Å². The molecule has 0 aliphatic carbocycles. The Kier molecular flexibility index (Phi) is 9.57. The van der Waals surface area contributed by atoms with E-state index >= 15 is 0 Å². The number of hydrogen-bond acceptors (Lipinski definition) is 5. The molecule has 3 rings (SSSR count). The molecule has 8 heteroatoms. The largest absolute Gasteiger partial charge is 0.485 e. The van der Waals surface area contributed by atoms with Gasteiger partial charge in [0.25, 0.3) is 5.91 Å². The molecule has 2 aromatic carbocycles. The first-order valence-electron chi connectivity index (χ1n) is 11.3. The number of nitrogen functional groups attached to an aromatic ring is 1. The molecule has 0 radical (unpaired) electrons. The van der Waals surface area contributed by atoms with Crippen LogP contribution in [0.5, 0.6) is 5.75 Å². The van der Waals surface area contributed by atoms with Gasteiger partial charge in [-0.05, 0) is 62.0 Å². The average Bonchev–Trinajstić information content (AvgIpc) is 2.85. The van der Waals surface area contributed by atoms with Crippen molar-refractivity contribution in [3.63, 3.8) is 0 Å². The van der Waals surface area contributed by atoms with Crippen LogP contribution in [0.25, 0.3) is 11.1 Å². The van der Waals surface area contributed by atoms with Gasteiger partial charge in [-0.2, -0.15) is 0 Å². The molecular weight excluding hydrogens is 471 g/mol. The molecule has 0 bridgehead atoms. The summed E-state index contributed by atoms with van der Waals surface area (Å²) in [6, 6.07) is 14.5. The fourth-order valence-electron chi connectivity index (χ4n) is 3.51. The normalized spacial score (nSPS) is 11.0. The minimum Gasteiger partial charge on any atom is -0.485 e. The quantitative estimate of drug-likeness (QED) is 0.331. The number of hydrogen-bond donors (Lipinski definition) is 2. The number of rotatable bonds is 11. The Hall–Kier alpha value is -2.80. The lowest BCUT2D eigenvalue weighted by molar-refractivity contribution is 0.0952. The van der Waals surface area contributed by atoms with Crippen molar-refractivity contribution in [2.45, 2.75) is 26.9 Å². The van der Waals surface area contributed by atoms with Crippen molar-refractivity contribution in [1.29, 1.82) is 0 Å². The molecule has 3 aromatic rings. The van der Waals surface area contributed by atoms with Crippen molar-refractivity contribution in [2.75, 3.05) is 31.9 Å². The fourth-order valence-corrected chi connectivity index (χ4v) is 4.02. The Labute approximate surface area is 211 Å². The zero-order valence-electron chi connectivity index (χ0n) is 19.5. The average molecular weight is 501 g/mol. The highest BCUT2D eigenvalue weighted by atomic mass is 35.5. The minimum atomic E-state index is -0.0813. The van der Waals surface area contributed by atoms with Crippen molar-refractivity contribution in [2.24, 2.45) is 0 Å². The summed E-state index contributed by atoms with van der Waals surface area (Å²) in [5.74, 6) is 0.623. The first-order chi connectivity index (χ1) is 16.4. The van der Waals surface area contributed by atoms with Gasteiger partial charge < -0.3 is 20.7 Å². The van der Waals surface area contributed by atoms with Gasteiger partial charge in [-0.25, -0.2) is 4.98 Å². The molecule has 1 heterocycles. The molecule has 0 saturated carbocycles. The molecule has 0 spiro atoms. The highest BCUT2D eigenvalue weighted by molar-refractivity contribution is 6.35. The lowest BCUT2D eigenvalue weighted by atomic mass is 10.0. The Balaban J connectivity index is 1.62. The number of pyridine rings is 1. The minimum absolute atomic E-state index is 0.0813. The zero-order chi connectivity index (χ0) is 24.5. The number of benzene rings is 2. The van der Waals surface area contributed by atoms with Crippen molar-refractivity contribution >= 4 is 34.9 Å². The fraction of sp³-hybridized carbons (Fsp3) is 0.308. The van der Waals surface area contributed by atoms with E-state index in [0.29, 0.717) is 33.5 Å². The lowest BCUT2D eigenvalue weighted by Crippen LogP contribution is -2.29. The molecule has 0 saturated heterocycles. The van der Waals surface area contributed by atoms with E-state index < -0.39 is 0 Å². The molecule has 0 aliphatic rings. The van der Waals surface area contributed by atoms with E-state index in [-0.39, 0.29) is 18.3 Å². The molecule has 0 fully saturated rings. The van der Waals surface area contributed by atoms with Gasteiger partial charge in [0.15, 0.2) is 11.6 Å². The number of nitrogens with zero attached hydrogens (tertiary/aromatic N) is 2. The van der Waals surface area contributed by atoms with E-state index in [2.05, 4.69) is 29.0 Å². The molecule has 1 amide bonds. The Morgan fingerprint density at radius 3 is 2.38 bits per heavy atom. The van der Waals surface area contributed by atoms with Gasteiger partial charge in [-0.1, -0.05) is 55.2 Å². The van der Waals surface area contributed by atoms with Gasteiger partial charge in [-0.15, -0.1) is 0 Å². The summed E-state index contributed by atoms with van der Waals surface area (Å²) in [7, 11) is 0. The topological polar surface area (TPSA) is 80.5 Å². The van der Waals surface area contributed by atoms with Crippen LogP contribution in [0.15, 0.2) is 54.7 Å². The van der Waals surface area contributed by atoms with Gasteiger partial charge >= 0.3 is 0 Å². The number of halogens is 2. The predicted molar refractivity (Wildman–Crippen MR) is 140 cm³/mol. The second kappa shape index (κ2) is 12.6. The molecular formula is C26H30Cl2N4O2. The maximum Gasteiger partial charge on any atom is 0.251 e. The summed E-state index contributed by atoms with van der Waals surface area (Å²) in [6.45, 7) is 8.12. The van der Waals surface area contributed by atoms with Crippen LogP contribution in [-0.2, 0) is 6.61 Å². The molecule has 6 nitrogen and oxygen atoms in total. The first kappa shape index (κ1) is 25.8. The highest BCUT2D eigenvalue weighted by Gasteiger charge is 2.11. The number of carbonyl (C=O) groups is 1. The maximum atomic E-state index is 12.5. The van der Waals surface area contributed by atoms with Crippen LogP contribution in [0.4, 0.5) is 5.82 Å². The Morgan fingerprint density at radius 2 is 1.74 bits per heavy atom. The van der Waals surface area contributed by atoms with Crippen molar-refractivity contribution in [3.8, 4) is 16.9 Å². The van der Waals surface area contributed by atoms with Gasteiger partial charge in [0.1, 0.15) is 6.61 Å². The van der Waals surface area contributed by atoms with Crippen LogP contribution in [0.2, 0.25) is 10.0 Å². The Morgan fingerprint density at radius 1 is 1.06 bits per heavy atom. The number of aromatic nitrogens is 1. The van der Waals surface area contributed by atoms with Gasteiger partial charge in [0, 0.05) is 39.5 Å². The smallest absolute Gasteiger partial charge is 0.251 e. The third-order valence-corrected chi connectivity index (χ3v) is 6.34. The molecule has 0 unspecified atom stereocenters. The predicted octanol–water partition coefficient (Wildman–Crippen LogP) is 5.68. The summed E-state index contributed by atoms with van der Waals surface area (Å²) in [6.07, 6.45) is 2.59. The SMILES string of the molecule is CCN(CC)CCCNC(=O)c1ccc(-c2cnc(N)c(OCc3c(Cl)cccc3Cl)c2)cc1. The van der Waals surface area contributed by atoms with E-state index in [0.717, 1.165) is 37.2 Å². The summed E-state index contributed by atoms with van der Waals surface area (Å²) >= 11 is 12.4. The summed E-state index contributed by atoms with van der Waals surface area (Å²) in [5.41, 5.74) is 9.02. The first-order valence-corrected chi connectivity index (χ1v) is 12.1. The summed E-state index contributed by atoms with van der Waals surface area (Å²) < 4.78 is 5.87. The number of carbonyl (C=O) groups excluding carboxylic acids is 1. The summed E-state index contributed by atoms with van der Waals surface area (Å²) in [4.78, 5) is 19.0. The van der Waals surface area contributed by atoms with Crippen LogP contribution in [-0.4, -0.2) is 42.0 Å². The van der Waals surface area contributed by atoms with E-state index in [9.17, 15) is 4.79 Å². The number of amides is 1. The molecule has 1 aromatic heterocycles. The van der Waals surface area contributed by atoms with Crippen molar-refractivity contribution in [3.05, 3.63) is 75.9 Å². The van der Waals surface area contributed by atoms with E-state index in [1.54, 1.807) is 36.5 Å². The molecule has 0 atom stereocenters. The lowest BCUT2D eigenvalue weighted by Gasteiger charge is -2.17. The standard InChI is InChI=1S/C26H30Cl2N4O2/c1-3-32(4-2)14-6-13-30-26(33)19-11-9-18(10-12-19)20-15-24(25(29)31-16-20)34-17-21-22(27)7-5-8-23(21)28/h5,7-12,15-16H,3-4,6,13-14,17H2,1-2H3,(H2,29,31)(H,30,33). The van der Waals surface area contributed by atoms with Crippen LogP contribution in [0.1, 0.15) is 36.2 Å². The molecule has 0 aliphatic heterocycles. The third kappa shape index (κ3) is 6.86. The van der Waals surface area contributed by atoms with Gasteiger partial charge in [0.05, 0.1) is 0 Å². The van der Waals surface area contributed by atoms with Crippen LogP contribution < -0.4 is 15.8 Å². The maximum absolute atomic E-state index is 12.5. The zero-order valence-corrected chi connectivity index (χ0v) is 21.0. The highest BCUT2D eigenvalue weighted by Crippen LogP contribution is 2.30. The number of nitrogens with two attached hydrogens (primary N) is 1. The second-order valence-corrected chi connectivity index (χ2v) is 8.62. The van der Waals surface area contributed by atoms with Crippen LogP contribution in [0.3, 0.4) is 0 Å².